The lowest BCUT2D eigenvalue weighted by Crippen LogP contribution is -1.97. The summed E-state index contributed by atoms with van der Waals surface area (Å²) in [6.07, 6.45) is 1.24. The van der Waals surface area contributed by atoms with Crippen LogP contribution in [0.3, 0.4) is 0 Å². The molecule has 15 heavy (non-hydrogen) atoms. The number of pyridine rings is 1. The second-order valence-electron chi connectivity index (χ2n) is 2.72. The SMILES string of the molecule is Cc1c([N+](=O)[O-])cnc(SCCO)c1Br. The van der Waals surface area contributed by atoms with E-state index in [0.717, 1.165) is 0 Å². The van der Waals surface area contributed by atoms with E-state index in [9.17, 15) is 10.1 Å². The second-order valence-corrected chi connectivity index (χ2v) is 4.59. The van der Waals surface area contributed by atoms with E-state index in [1.165, 1.54) is 18.0 Å². The van der Waals surface area contributed by atoms with Gasteiger partial charge in [0.25, 0.3) is 5.69 Å². The van der Waals surface area contributed by atoms with Crippen LogP contribution in [0.25, 0.3) is 0 Å². The number of hydrogen-bond donors (Lipinski definition) is 1. The van der Waals surface area contributed by atoms with Crippen molar-refractivity contribution in [3.8, 4) is 0 Å². The fraction of sp³-hybridized carbons (Fsp3) is 0.375. The third kappa shape index (κ3) is 2.90. The van der Waals surface area contributed by atoms with Crippen LogP contribution in [0.5, 0.6) is 0 Å². The summed E-state index contributed by atoms with van der Waals surface area (Å²) >= 11 is 4.61. The largest absolute Gasteiger partial charge is 0.396 e. The van der Waals surface area contributed by atoms with Crippen molar-refractivity contribution < 1.29 is 10.0 Å². The van der Waals surface area contributed by atoms with Gasteiger partial charge in [-0.1, -0.05) is 0 Å². The Morgan fingerprint density at radius 1 is 1.73 bits per heavy atom. The summed E-state index contributed by atoms with van der Waals surface area (Å²) in [4.78, 5) is 14.1. The molecule has 0 radical (unpaired) electrons. The number of rotatable bonds is 4. The van der Waals surface area contributed by atoms with E-state index < -0.39 is 4.92 Å². The molecule has 0 aliphatic rings. The number of aliphatic hydroxyl groups excluding tert-OH is 1. The molecule has 0 spiro atoms. The average molecular weight is 293 g/mol. The van der Waals surface area contributed by atoms with Crippen LogP contribution in [0.2, 0.25) is 0 Å². The van der Waals surface area contributed by atoms with Gasteiger partial charge >= 0.3 is 0 Å². The van der Waals surface area contributed by atoms with Crippen molar-refractivity contribution in [2.24, 2.45) is 0 Å². The van der Waals surface area contributed by atoms with E-state index in [1.807, 2.05) is 0 Å². The monoisotopic (exact) mass is 292 g/mol. The number of aliphatic hydroxyl groups is 1. The Labute approximate surface area is 99.2 Å². The summed E-state index contributed by atoms with van der Waals surface area (Å²) in [6, 6.07) is 0. The van der Waals surface area contributed by atoms with Crippen molar-refractivity contribution in [2.75, 3.05) is 12.4 Å². The Morgan fingerprint density at radius 3 is 2.93 bits per heavy atom. The quantitative estimate of drug-likeness (QED) is 0.523. The zero-order valence-electron chi connectivity index (χ0n) is 7.94. The molecule has 0 aromatic carbocycles. The first-order chi connectivity index (χ1) is 7.07. The van der Waals surface area contributed by atoms with E-state index in [2.05, 4.69) is 20.9 Å². The van der Waals surface area contributed by atoms with Gasteiger partial charge < -0.3 is 5.11 Å². The van der Waals surface area contributed by atoms with Crippen molar-refractivity contribution in [1.29, 1.82) is 0 Å². The highest BCUT2D eigenvalue weighted by Gasteiger charge is 2.16. The van der Waals surface area contributed by atoms with Crippen LogP contribution in [0.15, 0.2) is 15.7 Å². The van der Waals surface area contributed by atoms with Crippen LogP contribution < -0.4 is 0 Å². The number of nitrogens with zero attached hydrogens (tertiary/aromatic N) is 2. The van der Waals surface area contributed by atoms with Crippen molar-refractivity contribution in [1.82, 2.24) is 4.98 Å². The van der Waals surface area contributed by atoms with Crippen LogP contribution in [0, 0.1) is 17.0 Å². The second kappa shape index (κ2) is 5.43. The Hall–Kier alpha value is -0.660. The fourth-order valence-electron chi connectivity index (χ4n) is 0.973. The number of hydrogen-bond acceptors (Lipinski definition) is 5. The van der Waals surface area contributed by atoms with E-state index in [-0.39, 0.29) is 12.3 Å². The van der Waals surface area contributed by atoms with E-state index in [1.54, 1.807) is 6.92 Å². The topological polar surface area (TPSA) is 76.3 Å². The van der Waals surface area contributed by atoms with Crippen molar-refractivity contribution in [2.45, 2.75) is 11.9 Å². The van der Waals surface area contributed by atoms with Crippen molar-refractivity contribution in [3.63, 3.8) is 0 Å². The van der Waals surface area contributed by atoms with Gasteiger partial charge in [0.15, 0.2) is 0 Å². The van der Waals surface area contributed by atoms with Crippen LogP contribution in [-0.2, 0) is 0 Å². The molecule has 0 bridgehead atoms. The van der Waals surface area contributed by atoms with Gasteiger partial charge in [0.2, 0.25) is 0 Å². The zero-order valence-corrected chi connectivity index (χ0v) is 10.3. The number of thioether (sulfide) groups is 1. The van der Waals surface area contributed by atoms with Gasteiger partial charge in [-0.25, -0.2) is 4.98 Å². The highest BCUT2D eigenvalue weighted by molar-refractivity contribution is 9.10. The van der Waals surface area contributed by atoms with E-state index in [4.69, 9.17) is 5.11 Å². The van der Waals surface area contributed by atoms with Crippen LogP contribution >= 0.6 is 27.7 Å². The molecule has 7 heteroatoms. The van der Waals surface area contributed by atoms with Crippen molar-refractivity contribution >= 4 is 33.4 Å². The maximum Gasteiger partial charge on any atom is 0.291 e. The molecule has 0 saturated heterocycles. The summed E-state index contributed by atoms with van der Waals surface area (Å²) in [7, 11) is 0. The maximum absolute atomic E-state index is 10.6. The Morgan fingerprint density at radius 2 is 2.40 bits per heavy atom. The smallest absolute Gasteiger partial charge is 0.291 e. The third-order valence-electron chi connectivity index (χ3n) is 1.73. The first-order valence-corrected chi connectivity index (χ1v) is 5.89. The summed E-state index contributed by atoms with van der Waals surface area (Å²) in [5.74, 6) is 0.517. The molecule has 0 unspecified atom stereocenters. The molecule has 1 N–H and O–H groups in total. The summed E-state index contributed by atoms with van der Waals surface area (Å²) in [5.41, 5.74) is 0.547. The predicted octanol–water partition coefficient (Wildman–Crippen LogP) is 2.15. The van der Waals surface area contributed by atoms with Crippen LogP contribution in [-0.4, -0.2) is 27.4 Å². The molecule has 82 valence electrons. The maximum atomic E-state index is 10.6. The van der Waals surface area contributed by atoms with Gasteiger partial charge in [-0.2, -0.15) is 0 Å². The number of aromatic nitrogens is 1. The van der Waals surface area contributed by atoms with E-state index >= 15 is 0 Å². The first kappa shape index (κ1) is 12.4. The molecule has 0 atom stereocenters. The molecule has 1 aromatic rings. The molecule has 5 nitrogen and oxygen atoms in total. The van der Waals surface area contributed by atoms with Gasteiger partial charge in [-0.15, -0.1) is 11.8 Å². The third-order valence-corrected chi connectivity index (χ3v) is 3.93. The zero-order chi connectivity index (χ0) is 11.4. The summed E-state index contributed by atoms with van der Waals surface area (Å²) in [5, 5.41) is 19.9. The lowest BCUT2D eigenvalue weighted by Gasteiger charge is -2.05. The van der Waals surface area contributed by atoms with Gasteiger partial charge in [0.05, 0.1) is 16.0 Å². The van der Waals surface area contributed by atoms with Gasteiger partial charge in [-0.05, 0) is 22.9 Å². The minimum absolute atomic E-state index is 0.00442. The molecule has 1 aromatic heterocycles. The molecule has 0 saturated carbocycles. The lowest BCUT2D eigenvalue weighted by molar-refractivity contribution is -0.385. The molecular formula is C8H9BrN2O3S. The fourth-order valence-corrected chi connectivity index (χ4v) is 2.31. The molecular weight excluding hydrogens is 284 g/mol. The van der Waals surface area contributed by atoms with Gasteiger partial charge in [-0.3, -0.25) is 10.1 Å². The number of halogens is 1. The summed E-state index contributed by atoms with van der Waals surface area (Å²) < 4.78 is 0.621. The minimum atomic E-state index is -0.465. The summed E-state index contributed by atoms with van der Waals surface area (Å²) in [6.45, 7) is 1.71. The highest BCUT2D eigenvalue weighted by Crippen LogP contribution is 2.32. The Kier molecular flexibility index (Phi) is 4.49. The molecule has 1 rings (SSSR count). The first-order valence-electron chi connectivity index (χ1n) is 4.11. The van der Waals surface area contributed by atoms with Gasteiger partial charge in [0.1, 0.15) is 11.2 Å². The van der Waals surface area contributed by atoms with Crippen LogP contribution in [0.1, 0.15) is 5.56 Å². The predicted molar refractivity (Wildman–Crippen MR) is 61.1 cm³/mol. The Bertz CT molecular complexity index is 386. The molecule has 0 amide bonds. The lowest BCUT2D eigenvalue weighted by atomic mass is 10.3. The number of nitro groups is 1. The highest BCUT2D eigenvalue weighted by atomic mass is 79.9. The standard InChI is InChI=1S/C8H9BrN2O3S/c1-5-6(11(13)14)4-10-8(7(5)9)15-3-2-12/h4,12H,2-3H2,1H3. The molecule has 0 aliphatic heterocycles. The molecule has 0 aliphatic carbocycles. The van der Waals surface area contributed by atoms with Gasteiger partial charge in [0, 0.05) is 11.3 Å². The van der Waals surface area contributed by atoms with Crippen LogP contribution in [0.4, 0.5) is 5.69 Å². The minimum Gasteiger partial charge on any atom is -0.396 e. The van der Waals surface area contributed by atoms with E-state index in [0.29, 0.717) is 20.8 Å². The van der Waals surface area contributed by atoms with Crippen molar-refractivity contribution in [3.05, 3.63) is 26.3 Å². The normalized spacial score (nSPS) is 10.3. The molecule has 1 heterocycles. The average Bonchev–Trinajstić information content (AvgIpc) is 2.20. The molecule has 0 fully saturated rings. The Balaban J connectivity index is 3.04.